The minimum Gasteiger partial charge on any atom is -0.456 e. The number of halogens is 1. The van der Waals surface area contributed by atoms with Crippen LogP contribution < -0.4 is 5.32 Å². The summed E-state index contributed by atoms with van der Waals surface area (Å²) >= 11 is 7.03. The van der Waals surface area contributed by atoms with Crippen molar-refractivity contribution < 1.29 is 24.0 Å². The van der Waals surface area contributed by atoms with Crippen LogP contribution in [0, 0.1) is 17.0 Å². The molecule has 0 bridgehead atoms. The summed E-state index contributed by atoms with van der Waals surface area (Å²) in [6, 6.07) is 7.29. The molecule has 0 saturated heterocycles. The molecule has 27 heavy (non-hydrogen) atoms. The molecule has 1 aromatic heterocycles. The van der Waals surface area contributed by atoms with E-state index in [2.05, 4.69) is 5.32 Å². The maximum absolute atomic E-state index is 11.9. The zero-order valence-electron chi connectivity index (χ0n) is 14.2. The number of carbonyl (C=O) groups excluding carboxylic acids is 3. The molecule has 1 N–H and O–H groups in total. The first kappa shape index (κ1) is 20.5. The summed E-state index contributed by atoms with van der Waals surface area (Å²) in [6.07, 6.45) is -0.154. The third-order valence-electron chi connectivity index (χ3n) is 3.36. The number of hydrogen-bond donors (Lipinski definition) is 1. The van der Waals surface area contributed by atoms with E-state index in [-0.39, 0.29) is 35.0 Å². The van der Waals surface area contributed by atoms with Crippen LogP contribution in [0.2, 0.25) is 5.02 Å². The van der Waals surface area contributed by atoms with Gasteiger partial charge >= 0.3 is 5.97 Å². The summed E-state index contributed by atoms with van der Waals surface area (Å²) < 4.78 is 4.81. The number of anilines is 1. The van der Waals surface area contributed by atoms with E-state index < -0.39 is 23.4 Å². The summed E-state index contributed by atoms with van der Waals surface area (Å²) in [6.45, 7) is 1.31. The molecule has 0 aliphatic carbocycles. The minimum atomic E-state index is -0.686. The summed E-state index contributed by atoms with van der Waals surface area (Å²) in [7, 11) is 0. The third kappa shape index (κ3) is 6.15. The van der Waals surface area contributed by atoms with Crippen molar-refractivity contribution in [3.8, 4) is 0 Å². The number of hydrogen-bond acceptors (Lipinski definition) is 7. The Kier molecular flexibility index (Phi) is 7.03. The molecular formula is C17H15ClN2O6S. The first-order chi connectivity index (χ1) is 12.8. The number of benzene rings is 1. The van der Waals surface area contributed by atoms with E-state index in [9.17, 15) is 24.5 Å². The minimum absolute atomic E-state index is 0.0101. The molecule has 10 heteroatoms. The predicted octanol–water partition coefficient (Wildman–Crippen LogP) is 3.76. The number of rotatable bonds is 8. The average molecular weight is 411 g/mol. The fourth-order valence-corrected chi connectivity index (χ4v) is 3.09. The van der Waals surface area contributed by atoms with Crippen LogP contribution in [0.1, 0.15) is 27.4 Å². The molecule has 0 atom stereocenters. The Bertz CT molecular complexity index is 895. The number of nitro groups is 1. The number of thiophene rings is 1. The average Bonchev–Trinajstić information content (AvgIpc) is 3.05. The van der Waals surface area contributed by atoms with Gasteiger partial charge in [-0.05, 0) is 31.2 Å². The molecule has 0 aliphatic rings. The topological polar surface area (TPSA) is 116 Å². The molecule has 0 spiro atoms. The molecule has 0 unspecified atom stereocenters. The van der Waals surface area contributed by atoms with Crippen LogP contribution in [0.5, 0.6) is 0 Å². The van der Waals surface area contributed by atoms with Crippen molar-refractivity contribution in [1.82, 2.24) is 0 Å². The molecule has 0 radical (unpaired) electrons. The Morgan fingerprint density at radius 2 is 1.96 bits per heavy atom. The predicted molar refractivity (Wildman–Crippen MR) is 100 cm³/mol. The van der Waals surface area contributed by atoms with E-state index in [0.717, 1.165) is 10.9 Å². The van der Waals surface area contributed by atoms with Crippen LogP contribution in [0.15, 0.2) is 30.3 Å². The highest BCUT2D eigenvalue weighted by atomic mass is 35.5. The van der Waals surface area contributed by atoms with E-state index in [4.69, 9.17) is 16.3 Å². The summed E-state index contributed by atoms with van der Waals surface area (Å²) in [4.78, 5) is 47.1. The molecule has 1 heterocycles. The first-order valence-electron chi connectivity index (χ1n) is 7.75. The second kappa shape index (κ2) is 9.24. The highest BCUT2D eigenvalue weighted by Gasteiger charge is 2.16. The van der Waals surface area contributed by atoms with Crippen LogP contribution >= 0.6 is 22.9 Å². The number of ether oxygens (including phenoxy) is 1. The lowest BCUT2D eigenvalue weighted by Crippen LogP contribution is -2.21. The maximum atomic E-state index is 11.9. The molecule has 0 aliphatic heterocycles. The van der Waals surface area contributed by atoms with Gasteiger partial charge in [-0.25, -0.2) is 0 Å². The highest BCUT2D eigenvalue weighted by molar-refractivity contribution is 7.14. The third-order valence-corrected chi connectivity index (χ3v) is 4.72. The molecule has 2 aromatic rings. The molecule has 1 aromatic carbocycles. The van der Waals surface area contributed by atoms with E-state index in [1.54, 1.807) is 6.07 Å². The second-order valence-corrected chi connectivity index (χ2v) is 7.16. The number of amides is 1. The lowest BCUT2D eigenvalue weighted by Gasteiger charge is -2.07. The maximum Gasteiger partial charge on any atom is 0.306 e. The van der Waals surface area contributed by atoms with Gasteiger partial charge in [0.15, 0.2) is 12.4 Å². The van der Waals surface area contributed by atoms with E-state index in [1.165, 1.54) is 23.5 Å². The standard InChI is InChI=1S/C17H15ClN2O6S/c1-10-2-6-15(27-10)14(21)5-7-17(23)26-9-16(22)19-11-3-4-12(18)13(8-11)20(24)25/h2-4,6,8H,5,7,9H2,1H3,(H,19,22). The number of Topliss-reactive ketones (excluding diaryl/α,β-unsaturated/α-hetero) is 1. The SMILES string of the molecule is Cc1ccc(C(=O)CCC(=O)OCC(=O)Nc2ccc(Cl)c([N+](=O)[O-])c2)s1. The summed E-state index contributed by atoms with van der Waals surface area (Å²) in [5.74, 6) is -1.52. The largest absolute Gasteiger partial charge is 0.456 e. The molecule has 0 fully saturated rings. The molecule has 2 rings (SSSR count). The van der Waals surface area contributed by atoms with Gasteiger partial charge < -0.3 is 10.1 Å². The fourth-order valence-electron chi connectivity index (χ4n) is 2.07. The van der Waals surface area contributed by atoms with Gasteiger partial charge in [-0.1, -0.05) is 11.6 Å². The van der Waals surface area contributed by atoms with Gasteiger partial charge in [0.05, 0.1) is 16.2 Å². The number of esters is 1. The smallest absolute Gasteiger partial charge is 0.306 e. The Hall–Kier alpha value is -2.78. The van der Waals surface area contributed by atoms with Crippen LogP contribution in [-0.2, 0) is 14.3 Å². The summed E-state index contributed by atoms with van der Waals surface area (Å²) in [5, 5.41) is 13.1. The number of nitro benzene ring substituents is 1. The normalized spacial score (nSPS) is 10.3. The molecule has 8 nitrogen and oxygen atoms in total. The van der Waals surface area contributed by atoms with Gasteiger partial charge in [0, 0.05) is 23.1 Å². The Balaban J connectivity index is 1.78. The number of nitrogens with one attached hydrogen (secondary N) is 1. The van der Waals surface area contributed by atoms with Gasteiger partial charge in [-0.2, -0.15) is 0 Å². The number of aryl methyl sites for hydroxylation is 1. The second-order valence-electron chi connectivity index (χ2n) is 5.47. The van der Waals surface area contributed by atoms with Gasteiger partial charge in [0.2, 0.25) is 0 Å². The highest BCUT2D eigenvalue weighted by Crippen LogP contribution is 2.27. The van der Waals surface area contributed by atoms with Crippen molar-refractivity contribution in [2.45, 2.75) is 19.8 Å². The van der Waals surface area contributed by atoms with Crippen molar-refractivity contribution >= 4 is 52.0 Å². The van der Waals surface area contributed by atoms with Crippen molar-refractivity contribution in [2.24, 2.45) is 0 Å². The van der Waals surface area contributed by atoms with E-state index >= 15 is 0 Å². The molecular weight excluding hydrogens is 396 g/mol. The van der Waals surface area contributed by atoms with Crippen LogP contribution in [0.4, 0.5) is 11.4 Å². The lowest BCUT2D eigenvalue weighted by atomic mass is 10.2. The Morgan fingerprint density at radius 1 is 1.22 bits per heavy atom. The summed E-state index contributed by atoms with van der Waals surface area (Å²) in [5.41, 5.74) is -0.204. The Morgan fingerprint density at radius 3 is 2.59 bits per heavy atom. The quantitative estimate of drug-likeness (QED) is 0.306. The van der Waals surface area contributed by atoms with Crippen LogP contribution in [0.25, 0.3) is 0 Å². The van der Waals surface area contributed by atoms with Gasteiger partial charge in [-0.3, -0.25) is 24.5 Å². The van der Waals surface area contributed by atoms with Crippen LogP contribution in [0.3, 0.4) is 0 Å². The number of nitrogens with zero attached hydrogens (tertiary/aromatic N) is 1. The van der Waals surface area contributed by atoms with Crippen LogP contribution in [-0.4, -0.2) is 29.2 Å². The number of carbonyl (C=O) groups is 3. The zero-order valence-corrected chi connectivity index (χ0v) is 15.8. The van der Waals surface area contributed by atoms with Crippen molar-refractivity contribution in [3.63, 3.8) is 0 Å². The molecule has 142 valence electrons. The fraction of sp³-hybridized carbons (Fsp3) is 0.235. The zero-order chi connectivity index (χ0) is 20.0. The Labute approximate surface area is 163 Å². The number of ketones is 1. The van der Waals surface area contributed by atoms with E-state index in [1.807, 2.05) is 13.0 Å². The van der Waals surface area contributed by atoms with Crippen molar-refractivity contribution in [2.75, 3.05) is 11.9 Å². The van der Waals surface area contributed by atoms with Crippen molar-refractivity contribution in [1.29, 1.82) is 0 Å². The van der Waals surface area contributed by atoms with Gasteiger partial charge in [0.1, 0.15) is 5.02 Å². The first-order valence-corrected chi connectivity index (χ1v) is 8.94. The van der Waals surface area contributed by atoms with E-state index in [0.29, 0.717) is 4.88 Å². The van der Waals surface area contributed by atoms with Gasteiger partial charge in [0.25, 0.3) is 11.6 Å². The monoisotopic (exact) mass is 410 g/mol. The van der Waals surface area contributed by atoms with Crippen molar-refractivity contribution in [3.05, 3.63) is 55.2 Å². The lowest BCUT2D eigenvalue weighted by molar-refractivity contribution is -0.384. The molecule has 1 amide bonds. The molecule has 0 saturated carbocycles. The van der Waals surface area contributed by atoms with Gasteiger partial charge in [-0.15, -0.1) is 11.3 Å².